The van der Waals surface area contributed by atoms with Gasteiger partial charge in [0.25, 0.3) is 0 Å². The highest BCUT2D eigenvalue weighted by Gasteiger charge is 2.35. The maximum Gasteiger partial charge on any atom is 0.320 e. The van der Waals surface area contributed by atoms with Crippen LogP contribution in [-0.4, -0.2) is 73.4 Å². The Bertz CT molecular complexity index is 1050. The Hall–Kier alpha value is -3.56. The number of aliphatic hydroxyl groups excluding tert-OH is 1. The second kappa shape index (κ2) is 12.8. The summed E-state index contributed by atoms with van der Waals surface area (Å²) in [7, 11) is 0. The third-order valence-corrected chi connectivity index (χ3v) is 5.95. The van der Waals surface area contributed by atoms with Crippen LogP contribution in [0.2, 0.25) is 0 Å². The van der Waals surface area contributed by atoms with Crippen molar-refractivity contribution in [1.29, 1.82) is 0 Å². The number of carbonyl (C=O) groups is 1. The van der Waals surface area contributed by atoms with Crippen LogP contribution in [0, 0.1) is 0 Å². The number of hydrogen-bond acceptors (Lipinski definition) is 6. The number of hydrogen-bond donors (Lipinski definition) is 2. The van der Waals surface area contributed by atoms with Crippen LogP contribution in [0.4, 0.5) is 4.79 Å². The number of aromatic nitrogens is 4. The maximum absolute atomic E-state index is 13.2. The first-order valence-electron chi connectivity index (χ1n) is 12.0. The minimum absolute atomic E-state index is 0.0229. The van der Waals surface area contributed by atoms with Gasteiger partial charge in [0.15, 0.2) is 5.82 Å². The van der Waals surface area contributed by atoms with Crippen molar-refractivity contribution in [2.45, 2.75) is 44.6 Å². The van der Waals surface area contributed by atoms with Gasteiger partial charge in [0.1, 0.15) is 6.61 Å². The number of ether oxygens (including phenoxy) is 1. The molecule has 2 N–H and O–H groups in total. The number of unbranched alkanes of at least 4 members (excludes halogenated alkanes) is 1. The zero-order valence-corrected chi connectivity index (χ0v) is 19.7. The van der Waals surface area contributed by atoms with Crippen molar-refractivity contribution in [3.05, 3.63) is 89.8 Å². The Morgan fingerprint density at radius 1 is 1.09 bits per heavy atom. The van der Waals surface area contributed by atoms with Crippen LogP contribution in [0.15, 0.2) is 72.8 Å². The number of nitrogens with one attached hydrogen (secondary N) is 1. The van der Waals surface area contributed by atoms with Crippen LogP contribution in [0.3, 0.4) is 0 Å². The van der Waals surface area contributed by atoms with E-state index in [1.165, 1.54) is 0 Å². The van der Waals surface area contributed by atoms with Gasteiger partial charge in [-0.2, -0.15) is 0 Å². The van der Waals surface area contributed by atoms with Crippen LogP contribution in [0.25, 0.3) is 0 Å². The third kappa shape index (κ3) is 7.46. The van der Waals surface area contributed by atoms with E-state index in [1.54, 1.807) is 0 Å². The zero-order valence-electron chi connectivity index (χ0n) is 19.7. The molecule has 2 amide bonds. The van der Waals surface area contributed by atoms with E-state index >= 15 is 0 Å². The van der Waals surface area contributed by atoms with Crippen LogP contribution >= 0.6 is 0 Å². The summed E-state index contributed by atoms with van der Waals surface area (Å²) in [5, 5.41) is 24.0. The molecule has 9 heteroatoms. The summed E-state index contributed by atoms with van der Waals surface area (Å²) in [5.41, 5.74) is 2.18. The number of aromatic amines is 1. The van der Waals surface area contributed by atoms with Gasteiger partial charge in [-0.05, 0) is 34.4 Å². The molecule has 9 nitrogen and oxygen atoms in total. The molecule has 1 aliphatic heterocycles. The van der Waals surface area contributed by atoms with E-state index in [0.29, 0.717) is 45.1 Å². The van der Waals surface area contributed by atoms with Crippen molar-refractivity contribution in [1.82, 2.24) is 30.4 Å². The molecule has 2 aromatic carbocycles. The number of benzene rings is 2. The Labute approximate surface area is 205 Å². The second-order valence-electron chi connectivity index (χ2n) is 8.66. The van der Waals surface area contributed by atoms with E-state index in [4.69, 9.17) is 4.74 Å². The first-order valence-corrected chi connectivity index (χ1v) is 12.0. The molecule has 2 atom stereocenters. The Balaban J connectivity index is 1.32. The molecule has 1 saturated heterocycles. The summed E-state index contributed by atoms with van der Waals surface area (Å²) in [6, 6.07) is 19.9. The largest absolute Gasteiger partial charge is 0.389 e. The van der Waals surface area contributed by atoms with Crippen molar-refractivity contribution in [2.75, 3.05) is 19.7 Å². The number of urea groups is 1. The average molecular weight is 477 g/mol. The molecule has 2 heterocycles. The Morgan fingerprint density at radius 2 is 1.83 bits per heavy atom. The van der Waals surface area contributed by atoms with Crippen molar-refractivity contribution < 1.29 is 14.6 Å². The van der Waals surface area contributed by atoms with Gasteiger partial charge in [-0.1, -0.05) is 72.8 Å². The highest BCUT2D eigenvalue weighted by Crippen LogP contribution is 2.21. The van der Waals surface area contributed by atoms with Crippen LogP contribution in [0.1, 0.15) is 29.8 Å². The highest BCUT2D eigenvalue weighted by molar-refractivity contribution is 5.77. The van der Waals surface area contributed by atoms with Crippen molar-refractivity contribution in [3.8, 4) is 0 Å². The number of tetrazole rings is 1. The smallest absolute Gasteiger partial charge is 0.320 e. The summed E-state index contributed by atoms with van der Waals surface area (Å²) in [5.74, 6) is 0.593. The van der Waals surface area contributed by atoms with Crippen molar-refractivity contribution >= 4 is 6.03 Å². The average Bonchev–Trinajstić information content (AvgIpc) is 3.50. The monoisotopic (exact) mass is 476 g/mol. The predicted molar refractivity (Wildman–Crippen MR) is 131 cm³/mol. The minimum Gasteiger partial charge on any atom is -0.389 e. The second-order valence-corrected chi connectivity index (χ2v) is 8.66. The molecule has 0 bridgehead atoms. The highest BCUT2D eigenvalue weighted by atomic mass is 16.5. The quantitative estimate of drug-likeness (QED) is 0.290. The summed E-state index contributed by atoms with van der Waals surface area (Å²) < 4.78 is 5.60. The SMILES string of the molecule is O=C1N(Cc2ccccc2)C[C@H](C=CC(O)Cc2ccccc2)N1CCCCOCc1nnn[nH]1. The Morgan fingerprint density at radius 3 is 2.54 bits per heavy atom. The van der Waals surface area contributed by atoms with Crippen molar-refractivity contribution in [3.63, 3.8) is 0 Å². The minimum atomic E-state index is -0.600. The van der Waals surface area contributed by atoms with E-state index in [2.05, 4.69) is 20.6 Å². The van der Waals surface area contributed by atoms with Gasteiger partial charge in [0, 0.05) is 32.7 Å². The fraction of sp³-hybridized carbons (Fsp3) is 0.385. The summed E-state index contributed by atoms with van der Waals surface area (Å²) in [6.45, 7) is 2.69. The van der Waals surface area contributed by atoms with Crippen LogP contribution < -0.4 is 0 Å². The van der Waals surface area contributed by atoms with Gasteiger partial charge in [0.2, 0.25) is 0 Å². The predicted octanol–water partition coefficient (Wildman–Crippen LogP) is 2.96. The van der Waals surface area contributed by atoms with Gasteiger partial charge in [-0.25, -0.2) is 9.89 Å². The van der Waals surface area contributed by atoms with Crippen LogP contribution in [-0.2, 0) is 24.3 Å². The standard InChI is InChI=1S/C26H32N6O3/c33-24(17-21-9-3-1-4-10-21)14-13-23-19-31(18-22-11-5-2-6-12-22)26(34)32(23)15-7-8-16-35-20-25-27-29-30-28-25/h1-6,9-14,23-24,33H,7-8,15-20H2,(H,27,28,29,30)/t23-,24?/m0/s1. The third-order valence-electron chi connectivity index (χ3n) is 5.95. The lowest BCUT2D eigenvalue weighted by Crippen LogP contribution is -2.35. The molecule has 4 rings (SSSR count). The van der Waals surface area contributed by atoms with Crippen molar-refractivity contribution in [2.24, 2.45) is 0 Å². The van der Waals surface area contributed by atoms with Crippen LogP contribution in [0.5, 0.6) is 0 Å². The lowest BCUT2D eigenvalue weighted by atomic mass is 10.1. The maximum atomic E-state index is 13.2. The first-order chi connectivity index (χ1) is 17.2. The molecular formula is C26H32N6O3. The van der Waals surface area contributed by atoms with E-state index < -0.39 is 6.10 Å². The Kier molecular flexibility index (Phi) is 8.97. The normalized spacial score (nSPS) is 16.9. The van der Waals surface area contributed by atoms with Gasteiger partial charge in [-0.3, -0.25) is 0 Å². The van der Waals surface area contributed by atoms with E-state index in [0.717, 1.165) is 24.0 Å². The van der Waals surface area contributed by atoms with Gasteiger partial charge >= 0.3 is 6.03 Å². The first kappa shape index (κ1) is 24.6. The number of amides is 2. The lowest BCUT2D eigenvalue weighted by Gasteiger charge is -2.21. The number of rotatable bonds is 13. The molecular weight excluding hydrogens is 444 g/mol. The van der Waals surface area contributed by atoms with E-state index in [9.17, 15) is 9.90 Å². The molecule has 1 unspecified atom stereocenters. The molecule has 0 saturated carbocycles. The topological polar surface area (TPSA) is 107 Å². The molecule has 1 aliphatic rings. The summed E-state index contributed by atoms with van der Waals surface area (Å²) >= 11 is 0. The number of carbonyl (C=O) groups excluding carboxylic acids is 1. The molecule has 35 heavy (non-hydrogen) atoms. The van der Waals surface area contributed by atoms with Gasteiger partial charge in [0.05, 0.1) is 12.1 Å². The molecule has 1 fully saturated rings. The molecule has 1 aromatic heterocycles. The van der Waals surface area contributed by atoms with E-state index in [1.807, 2.05) is 82.6 Å². The molecule has 184 valence electrons. The molecule has 0 aliphatic carbocycles. The molecule has 0 radical (unpaired) electrons. The fourth-order valence-electron chi connectivity index (χ4n) is 4.16. The lowest BCUT2D eigenvalue weighted by molar-refractivity contribution is 0.109. The zero-order chi connectivity index (χ0) is 24.3. The summed E-state index contributed by atoms with van der Waals surface area (Å²) in [6.07, 6.45) is 5.37. The van der Waals surface area contributed by atoms with Gasteiger partial charge < -0.3 is 19.6 Å². The number of aliphatic hydroxyl groups is 1. The number of H-pyrrole nitrogens is 1. The fourth-order valence-corrected chi connectivity index (χ4v) is 4.16. The van der Waals surface area contributed by atoms with Gasteiger partial charge in [-0.15, -0.1) is 5.10 Å². The molecule has 3 aromatic rings. The number of nitrogens with zero attached hydrogens (tertiary/aromatic N) is 5. The summed E-state index contributed by atoms with van der Waals surface area (Å²) in [4.78, 5) is 17.0. The molecule has 0 spiro atoms. The van der Waals surface area contributed by atoms with E-state index in [-0.39, 0.29) is 12.1 Å².